The normalized spacial score (nSPS) is 11.2. The molecule has 0 aromatic heterocycles. The summed E-state index contributed by atoms with van der Waals surface area (Å²) in [5, 5.41) is 0.767. The van der Waals surface area contributed by atoms with E-state index in [-0.39, 0.29) is 0 Å². The quantitative estimate of drug-likeness (QED) is 0.785. The summed E-state index contributed by atoms with van der Waals surface area (Å²) in [7, 11) is 3.82. The van der Waals surface area contributed by atoms with Crippen molar-refractivity contribution in [3.8, 4) is 5.75 Å². The van der Waals surface area contributed by atoms with Crippen molar-refractivity contribution >= 4 is 11.6 Å². The van der Waals surface area contributed by atoms with Gasteiger partial charge in [-0.2, -0.15) is 0 Å². The third-order valence-corrected chi connectivity index (χ3v) is 3.09. The second kappa shape index (κ2) is 6.12. The van der Waals surface area contributed by atoms with Crippen LogP contribution in [0.5, 0.6) is 5.75 Å². The van der Waals surface area contributed by atoms with Crippen molar-refractivity contribution in [3.63, 3.8) is 0 Å². The first-order valence-electron chi connectivity index (χ1n) is 5.57. The number of methoxy groups -OCH3 is 1. The number of likely N-dealkylation sites (N-methyl/N-ethyl adjacent to an activating group) is 1. The average Bonchev–Trinajstić information content (AvgIpc) is 2.25. The topological polar surface area (TPSA) is 12.5 Å². The van der Waals surface area contributed by atoms with E-state index < -0.39 is 0 Å². The fourth-order valence-electron chi connectivity index (χ4n) is 1.50. The molecule has 3 heteroatoms. The molecule has 0 radical (unpaired) electrons. The van der Waals surface area contributed by atoms with E-state index >= 15 is 0 Å². The molecular weight excluding hydrogens is 222 g/mol. The van der Waals surface area contributed by atoms with Gasteiger partial charge in [0.2, 0.25) is 0 Å². The van der Waals surface area contributed by atoms with Crippen molar-refractivity contribution in [2.75, 3.05) is 20.7 Å². The number of hydrogen-bond donors (Lipinski definition) is 0. The number of benzene rings is 1. The van der Waals surface area contributed by atoms with Crippen molar-refractivity contribution in [1.82, 2.24) is 4.90 Å². The summed E-state index contributed by atoms with van der Waals surface area (Å²) in [6.07, 6.45) is 0.957. The van der Waals surface area contributed by atoms with Crippen LogP contribution in [-0.4, -0.2) is 31.6 Å². The monoisotopic (exact) mass is 241 g/mol. The number of halogens is 1. The van der Waals surface area contributed by atoms with Gasteiger partial charge in [-0.15, -0.1) is 0 Å². The summed E-state index contributed by atoms with van der Waals surface area (Å²) in [4.78, 5) is 2.31. The molecule has 0 bridgehead atoms. The van der Waals surface area contributed by atoms with Crippen molar-refractivity contribution in [2.45, 2.75) is 26.3 Å². The number of ether oxygens (including phenoxy) is 1. The molecule has 0 fully saturated rings. The largest absolute Gasteiger partial charge is 0.496 e. The SMILES string of the molecule is COc1ccc(Cl)cc1CCN(C)C(C)C. The molecular formula is C13H20ClNO. The van der Waals surface area contributed by atoms with Crippen molar-refractivity contribution in [3.05, 3.63) is 28.8 Å². The van der Waals surface area contributed by atoms with E-state index in [0.717, 1.165) is 23.7 Å². The predicted octanol–water partition coefficient (Wildman–Crippen LogP) is 3.23. The van der Waals surface area contributed by atoms with Crippen LogP contribution in [0.25, 0.3) is 0 Å². The van der Waals surface area contributed by atoms with Crippen LogP contribution in [0.4, 0.5) is 0 Å². The summed E-state index contributed by atoms with van der Waals surface area (Å²) in [5.41, 5.74) is 1.17. The Labute approximate surface area is 103 Å². The van der Waals surface area contributed by atoms with Crippen LogP contribution < -0.4 is 4.74 Å². The van der Waals surface area contributed by atoms with Gasteiger partial charge in [0.1, 0.15) is 5.75 Å². The van der Waals surface area contributed by atoms with Gasteiger partial charge < -0.3 is 9.64 Å². The highest BCUT2D eigenvalue weighted by Crippen LogP contribution is 2.23. The summed E-state index contributed by atoms with van der Waals surface area (Å²) >= 11 is 5.98. The molecule has 1 rings (SSSR count). The Bertz CT molecular complexity index is 339. The first kappa shape index (κ1) is 13.3. The van der Waals surface area contributed by atoms with E-state index in [9.17, 15) is 0 Å². The Morgan fingerprint density at radius 3 is 2.62 bits per heavy atom. The molecule has 0 aliphatic carbocycles. The third-order valence-electron chi connectivity index (χ3n) is 2.86. The molecule has 1 aromatic carbocycles. The zero-order chi connectivity index (χ0) is 12.1. The van der Waals surface area contributed by atoms with E-state index in [1.165, 1.54) is 5.56 Å². The minimum Gasteiger partial charge on any atom is -0.496 e. The van der Waals surface area contributed by atoms with Crippen molar-refractivity contribution in [2.24, 2.45) is 0 Å². The van der Waals surface area contributed by atoms with Gasteiger partial charge in [-0.3, -0.25) is 0 Å². The summed E-state index contributed by atoms with van der Waals surface area (Å²) in [5.74, 6) is 0.918. The zero-order valence-corrected chi connectivity index (χ0v) is 11.2. The lowest BCUT2D eigenvalue weighted by Crippen LogP contribution is -2.28. The molecule has 0 unspecified atom stereocenters. The Morgan fingerprint density at radius 1 is 1.38 bits per heavy atom. The smallest absolute Gasteiger partial charge is 0.122 e. The fourth-order valence-corrected chi connectivity index (χ4v) is 1.69. The number of nitrogens with zero attached hydrogens (tertiary/aromatic N) is 1. The van der Waals surface area contributed by atoms with Crippen LogP contribution in [0, 0.1) is 0 Å². The van der Waals surface area contributed by atoms with Crippen LogP contribution >= 0.6 is 11.6 Å². The predicted molar refractivity (Wildman–Crippen MR) is 69.5 cm³/mol. The van der Waals surface area contributed by atoms with E-state index in [4.69, 9.17) is 16.3 Å². The molecule has 0 aliphatic rings. The lowest BCUT2D eigenvalue weighted by Gasteiger charge is -2.21. The first-order valence-corrected chi connectivity index (χ1v) is 5.95. The lowest BCUT2D eigenvalue weighted by molar-refractivity contribution is 0.276. The maximum Gasteiger partial charge on any atom is 0.122 e. The van der Waals surface area contributed by atoms with E-state index in [2.05, 4.69) is 25.8 Å². The third kappa shape index (κ3) is 3.69. The molecule has 0 heterocycles. The lowest BCUT2D eigenvalue weighted by atomic mass is 10.1. The Morgan fingerprint density at radius 2 is 2.06 bits per heavy atom. The molecule has 0 saturated carbocycles. The molecule has 0 aliphatic heterocycles. The van der Waals surface area contributed by atoms with Gasteiger partial charge in [-0.1, -0.05) is 11.6 Å². The molecule has 90 valence electrons. The highest BCUT2D eigenvalue weighted by Gasteiger charge is 2.07. The Kier molecular flexibility index (Phi) is 5.10. The molecule has 0 saturated heterocycles. The molecule has 0 amide bonds. The average molecular weight is 242 g/mol. The van der Waals surface area contributed by atoms with Gasteiger partial charge >= 0.3 is 0 Å². The molecule has 16 heavy (non-hydrogen) atoms. The highest BCUT2D eigenvalue weighted by molar-refractivity contribution is 6.30. The molecule has 2 nitrogen and oxygen atoms in total. The van der Waals surface area contributed by atoms with Crippen LogP contribution in [0.1, 0.15) is 19.4 Å². The van der Waals surface area contributed by atoms with Gasteiger partial charge in [0.05, 0.1) is 7.11 Å². The van der Waals surface area contributed by atoms with Crippen LogP contribution in [0.15, 0.2) is 18.2 Å². The van der Waals surface area contributed by atoms with Crippen molar-refractivity contribution < 1.29 is 4.74 Å². The standard InChI is InChI=1S/C13H20ClNO/c1-10(2)15(3)8-7-11-9-12(14)5-6-13(11)16-4/h5-6,9-10H,7-8H2,1-4H3. The van der Waals surface area contributed by atoms with E-state index in [1.807, 2.05) is 18.2 Å². The van der Waals surface area contributed by atoms with E-state index in [0.29, 0.717) is 6.04 Å². The van der Waals surface area contributed by atoms with Gasteiger partial charge in [0.15, 0.2) is 0 Å². The van der Waals surface area contributed by atoms with Crippen LogP contribution in [0.2, 0.25) is 5.02 Å². The minimum absolute atomic E-state index is 0.560. The second-order valence-corrected chi connectivity index (χ2v) is 4.72. The highest BCUT2D eigenvalue weighted by atomic mass is 35.5. The molecule has 0 N–H and O–H groups in total. The first-order chi connectivity index (χ1) is 7.54. The zero-order valence-electron chi connectivity index (χ0n) is 10.5. The summed E-state index contributed by atoms with van der Waals surface area (Å²) in [6, 6.07) is 6.32. The van der Waals surface area contributed by atoms with Gasteiger partial charge in [0, 0.05) is 17.6 Å². The number of hydrogen-bond acceptors (Lipinski definition) is 2. The fraction of sp³-hybridized carbons (Fsp3) is 0.538. The Balaban J connectivity index is 2.68. The van der Waals surface area contributed by atoms with Crippen LogP contribution in [-0.2, 0) is 6.42 Å². The maximum atomic E-state index is 5.98. The van der Waals surface area contributed by atoms with Gasteiger partial charge in [-0.25, -0.2) is 0 Å². The molecule has 0 spiro atoms. The molecule has 1 aromatic rings. The van der Waals surface area contributed by atoms with Crippen molar-refractivity contribution in [1.29, 1.82) is 0 Å². The van der Waals surface area contributed by atoms with E-state index in [1.54, 1.807) is 7.11 Å². The summed E-state index contributed by atoms with van der Waals surface area (Å²) in [6.45, 7) is 5.39. The summed E-state index contributed by atoms with van der Waals surface area (Å²) < 4.78 is 5.32. The minimum atomic E-state index is 0.560. The van der Waals surface area contributed by atoms with Gasteiger partial charge in [0.25, 0.3) is 0 Å². The molecule has 0 atom stereocenters. The number of rotatable bonds is 5. The Hall–Kier alpha value is -0.730. The van der Waals surface area contributed by atoms with Gasteiger partial charge in [-0.05, 0) is 51.1 Å². The van der Waals surface area contributed by atoms with Crippen LogP contribution in [0.3, 0.4) is 0 Å². The second-order valence-electron chi connectivity index (χ2n) is 4.28. The maximum absolute atomic E-state index is 5.98.